The Bertz CT molecular complexity index is 581. The normalized spacial score (nSPS) is 17.3. The molecule has 2 aromatic rings. The molecule has 0 aliphatic carbocycles. The Morgan fingerprint density at radius 3 is 2.61 bits per heavy atom. The summed E-state index contributed by atoms with van der Waals surface area (Å²) in [4.78, 5) is 14.7. The van der Waals surface area contributed by atoms with Crippen molar-refractivity contribution in [1.29, 1.82) is 0 Å². The molecule has 3 rings (SSSR count). The summed E-state index contributed by atoms with van der Waals surface area (Å²) in [6.07, 6.45) is 4.01. The number of hydrogen-bond donors (Lipinski definition) is 0. The Balaban J connectivity index is 1.74. The molecule has 0 spiro atoms. The maximum atomic E-state index is 12.2. The van der Waals surface area contributed by atoms with Gasteiger partial charge in [-0.15, -0.1) is 0 Å². The van der Waals surface area contributed by atoms with Gasteiger partial charge in [-0.3, -0.25) is 0 Å². The van der Waals surface area contributed by atoms with Gasteiger partial charge >= 0.3 is 113 Å². The first-order valence-electron chi connectivity index (χ1n) is 6.66. The molecule has 18 heavy (non-hydrogen) atoms. The zero-order valence-corrected chi connectivity index (χ0v) is 12.2. The third kappa shape index (κ3) is 2.46. The van der Waals surface area contributed by atoms with Gasteiger partial charge in [0.2, 0.25) is 0 Å². The fourth-order valence-electron chi connectivity index (χ4n) is 2.58. The number of benzene rings is 1. The molecule has 0 radical (unpaired) electrons. The fourth-order valence-corrected chi connectivity index (χ4v) is 4.65. The second-order valence-electron chi connectivity index (χ2n) is 4.90. The number of nitrogens with zero attached hydrogens (tertiary/aromatic N) is 2. The van der Waals surface area contributed by atoms with Crippen molar-refractivity contribution in [2.24, 2.45) is 0 Å². The molecule has 0 N–H and O–H groups in total. The predicted octanol–water partition coefficient (Wildman–Crippen LogP) is 1.54. The maximum absolute atomic E-state index is 12.2. The van der Waals surface area contributed by atoms with E-state index in [1.54, 1.807) is 0 Å². The summed E-state index contributed by atoms with van der Waals surface area (Å²) in [6.45, 7) is 4.36. The van der Waals surface area contributed by atoms with Crippen molar-refractivity contribution in [3.05, 3.63) is 34.6 Å². The summed E-state index contributed by atoms with van der Waals surface area (Å²) in [5, 5.41) is 0.927. The SMILES string of the molecule is O=c1c2ccccc2[se]n1CCN1CCCCC1. The van der Waals surface area contributed by atoms with E-state index in [1.165, 1.54) is 36.6 Å². The van der Waals surface area contributed by atoms with Gasteiger partial charge in [0.1, 0.15) is 0 Å². The first kappa shape index (κ1) is 12.2. The van der Waals surface area contributed by atoms with Gasteiger partial charge in [0.05, 0.1) is 0 Å². The van der Waals surface area contributed by atoms with Gasteiger partial charge in [-0.1, -0.05) is 0 Å². The average Bonchev–Trinajstić information content (AvgIpc) is 2.75. The quantitative estimate of drug-likeness (QED) is 0.804. The predicted molar refractivity (Wildman–Crippen MR) is 75.4 cm³/mol. The molecule has 2 heterocycles. The Kier molecular flexibility index (Phi) is 3.69. The van der Waals surface area contributed by atoms with Crippen molar-refractivity contribution in [2.45, 2.75) is 25.8 Å². The molecule has 1 aliphatic rings. The van der Waals surface area contributed by atoms with Gasteiger partial charge < -0.3 is 0 Å². The van der Waals surface area contributed by atoms with Crippen LogP contribution in [-0.2, 0) is 6.54 Å². The van der Waals surface area contributed by atoms with Gasteiger partial charge in [-0.25, -0.2) is 0 Å². The van der Waals surface area contributed by atoms with E-state index in [0.29, 0.717) is 0 Å². The van der Waals surface area contributed by atoms with E-state index in [9.17, 15) is 4.79 Å². The van der Waals surface area contributed by atoms with Crippen LogP contribution in [0.2, 0.25) is 0 Å². The van der Waals surface area contributed by atoms with Crippen LogP contribution in [0, 0.1) is 0 Å². The van der Waals surface area contributed by atoms with Crippen LogP contribution in [0.15, 0.2) is 29.1 Å². The number of hydrogen-bond acceptors (Lipinski definition) is 2. The van der Waals surface area contributed by atoms with Gasteiger partial charge in [-0.2, -0.15) is 0 Å². The molecule has 96 valence electrons. The van der Waals surface area contributed by atoms with Gasteiger partial charge in [0.25, 0.3) is 0 Å². The Hall–Kier alpha value is -0.831. The summed E-state index contributed by atoms with van der Waals surface area (Å²) < 4.78 is 3.29. The Morgan fingerprint density at radius 1 is 1.06 bits per heavy atom. The van der Waals surface area contributed by atoms with E-state index >= 15 is 0 Å². The molecule has 4 heteroatoms. The molecule has 0 unspecified atom stereocenters. The molecule has 1 aromatic heterocycles. The van der Waals surface area contributed by atoms with Crippen molar-refractivity contribution in [3.8, 4) is 0 Å². The standard InChI is InChI=1S/C14H18N2OSe/c17-14-12-6-2-3-7-13(12)18-16(14)11-10-15-8-4-1-5-9-15/h2-3,6-7H,1,4-5,8-11H2. The molecular weight excluding hydrogens is 291 g/mol. The van der Waals surface area contributed by atoms with E-state index in [-0.39, 0.29) is 20.3 Å². The molecule has 3 nitrogen and oxygen atoms in total. The van der Waals surface area contributed by atoms with E-state index in [2.05, 4.69) is 11.0 Å². The molecule has 1 fully saturated rings. The van der Waals surface area contributed by atoms with Crippen molar-refractivity contribution in [1.82, 2.24) is 8.46 Å². The molecule has 0 amide bonds. The monoisotopic (exact) mass is 310 g/mol. The van der Waals surface area contributed by atoms with Crippen LogP contribution < -0.4 is 5.56 Å². The van der Waals surface area contributed by atoms with Crippen LogP contribution in [0.5, 0.6) is 0 Å². The van der Waals surface area contributed by atoms with E-state index < -0.39 is 0 Å². The molecular formula is C14H18N2OSe. The zero-order chi connectivity index (χ0) is 12.4. The van der Waals surface area contributed by atoms with Crippen LogP contribution in [-0.4, -0.2) is 42.8 Å². The zero-order valence-electron chi connectivity index (χ0n) is 10.5. The summed E-state index contributed by atoms with van der Waals surface area (Å²) in [5.41, 5.74) is 0.239. The summed E-state index contributed by atoms with van der Waals surface area (Å²) >= 11 is 0.198. The van der Waals surface area contributed by atoms with Crippen molar-refractivity contribution < 1.29 is 0 Å². The number of rotatable bonds is 3. The molecule has 1 saturated heterocycles. The molecule has 0 bridgehead atoms. The van der Waals surface area contributed by atoms with Gasteiger partial charge in [0, 0.05) is 0 Å². The van der Waals surface area contributed by atoms with Crippen molar-refractivity contribution >= 4 is 24.4 Å². The molecule has 1 aromatic carbocycles. The van der Waals surface area contributed by atoms with Gasteiger partial charge in [0.15, 0.2) is 0 Å². The fraction of sp³-hybridized carbons (Fsp3) is 0.500. The average molecular weight is 309 g/mol. The van der Waals surface area contributed by atoms with Crippen molar-refractivity contribution in [3.63, 3.8) is 0 Å². The molecule has 0 saturated carbocycles. The minimum absolute atomic E-state index is 0.198. The third-order valence-corrected chi connectivity index (χ3v) is 5.97. The van der Waals surface area contributed by atoms with Crippen LogP contribution in [0.4, 0.5) is 0 Å². The Morgan fingerprint density at radius 2 is 1.83 bits per heavy atom. The van der Waals surface area contributed by atoms with E-state index in [4.69, 9.17) is 0 Å². The second-order valence-corrected chi connectivity index (χ2v) is 7.13. The third-order valence-electron chi connectivity index (χ3n) is 3.62. The summed E-state index contributed by atoms with van der Waals surface area (Å²) in [7, 11) is 0. The molecule has 0 atom stereocenters. The number of likely N-dealkylation sites (tertiary alicyclic amines) is 1. The topological polar surface area (TPSA) is 25.2 Å². The van der Waals surface area contributed by atoms with Crippen LogP contribution in [0.3, 0.4) is 0 Å². The van der Waals surface area contributed by atoms with Crippen LogP contribution >= 0.6 is 0 Å². The minimum atomic E-state index is 0.198. The summed E-state index contributed by atoms with van der Waals surface area (Å²) in [6, 6.07) is 8.04. The second kappa shape index (κ2) is 5.43. The van der Waals surface area contributed by atoms with E-state index in [0.717, 1.165) is 18.5 Å². The first-order valence-corrected chi connectivity index (χ1v) is 8.28. The first-order chi connectivity index (χ1) is 8.84. The number of fused-ring (bicyclic) bond motifs is 1. The van der Waals surface area contributed by atoms with E-state index in [1.807, 2.05) is 21.8 Å². The number of piperidine rings is 1. The van der Waals surface area contributed by atoms with Crippen molar-refractivity contribution in [2.75, 3.05) is 19.6 Å². The molecule has 1 aliphatic heterocycles. The summed E-state index contributed by atoms with van der Waals surface area (Å²) in [5.74, 6) is 0. The van der Waals surface area contributed by atoms with Gasteiger partial charge in [-0.05, 0) is 0 Å². The number of aromatic nitrogens is 1. The van der Waals surface area contributed by atoms with Crippen LogP contribution in [0.1, 0.15) is 19.3 Å². The Labute approximate surface area is 113 Å². The van der Waals surface area contributed by atoms with Crippen LogP contribution in [0.25, 0.3) is 9.65 Å².